The molecule has 0 aromatic carbocycles. The van der Waals surface area contributed by atoms with Crippen molar-refractivity contribution in [1.82, 2.24) is 26.2 Å². The molecule has 0 rings (SSSR count). The third-order valence-electron chi connectivity index (χ3n) is 5.56. The first kappa shape index (κ1) is 40.2. The van der Waals surface area contributed by atoms with Gasteiger partial charge in [0.2, 0.25) is 11.8 Å². The summed E-state index contributed by atoms with van der Waals surface area (Å²) in [5.74, 6) is -1.40. The summed E-state index contributed by atoms with van der Waals surface area (Å²) in [6.07, 6.45) is 1.81. The van der Waals surface area contributed by atoms with Crippen LogP contribution in [0.2, 0.25) is 0 Å². The number of nitrogens with zero attached hydrogens (tertiary/aromatic N) is 1. The third-order valence-corrected chi connectivity index (χ3v) is 5.56. The molecule has 15 heteroatoms. The van der Waals surface area contributed by atoms with Crippen LogP contribution in [-0.2, 0) is 28.6 Å². The Balaban J connectivity index is 4.49. The number of nitrogens with two attached hydrogens (primary N) is 1. The van der Waals surface area contributed by atoms with E-state index in [0.717, 1.165) is 0 Å². The van der Waals surface area contributed by atoms with Crippen molar-refractivity contribution in [2.24, 2.45) is 5.73 Å². The van der Waals surface area contributed by atoms with Gasteiger partial charge in [0, 0.05) is 39.6 Å². The highest BCUT2D eigenvalue weighted by atomic mass is 16.6. The van der Waals surface area contributed by atoms with Crippen LogP contribution in [-0.4, -0.2) is 97.4 Å². The molecule has 0 saturated carbocycles. The second-order valence-electron chi connectivity index (χ2n) is 12.4. The number of hydrogen-bond donors (Lipinski definition) is 6. The predicted octanol–water partition coefficient (Wildman–Crippen LogP) is 2.13. The lowest BCUT2D eigenvalue weighted by atomic mass is 10.1. The molecule has 0 bridgehead atoms. The number of alkyl carbamates (subject to hydrolysis) is 1. The molecule has 0 spiro atoms. The number of nitrogens with one attached hydrogen (secondary N) is 5. The van der Waals surface area contributed by atoms with Gasteiger partial charge in [-0.1, -0.05) is 0 Å². The van der Waals surface area contributed by atoms with Crippen LogP contribution in [0.15, 0.2) is 0 Å². The van der Waals surface area contributed by atoms with E-state index in [1.165, 1.54) is 6.92 Å². The van der Waals surface area contributed by atoms with Gasteiger partial charge in [0.1, 0.15) is 17.3 Å². The van der Waals surface area contributed by atoms with Crippen molar-refractivity contribution < 1.29 is 38.2 Å². The first-order chi connectivity index (χ1) is 20.4. The quantitative estimate of drug-likeness (QED) is 0.0402. The van der Waals surface area contributed by atoms with E-state index in [1.54, 1.807) is 46.4 Å². The summed E-state index contributed by atoms with van der Waals surface area (Å²) in [5.41, 5.74) is 3.98. The molecule has 0 aliphatic rings. The van der Waals surface area contributed by atoms with Gasteiger partial charge in [0.15, 0.2) is 5.96 Å². The normalized spacial score (nSPS) is 11.9. The molecule has 0 radical (unpaired) electrons. The van der Waals surface area contributed by atoms with Crippen molar-refractivity contribution >= 4 is 35.9 Å². The molecule has 44 heavy (non-hydrogen) atoms. The fraction of sp³-hybridized carbons (Fsp3) is 0.793. The molecule has 0 aromatic rings. The molecule has 0 saturated heterocycles. The van der Waals surface area contributed by atoms with Gasteiger partial charge in [0.05, 0.1) is 13.0 Å². The fourth-order valence-corrected chi connectivity index (χ4v) is 3.73. The lowest BCUT2D eigenvalue weighted by Crippen LogP contribution is -2.40. The lowest BCUT2D eigenvalue weighted by molar-refractivity contribution is -0.148. The molecule has 1 atom stereocenters. The van der Waals surface area contributed by atoms with E-state index in [0.29, 0.717) is 71.2 Å². The minimum absolute atomic E-state index is 0.0687. The SMILES string of the molecule is CC(=O)OC(CCCCNC(=N)N)CC(=O)NCC(=O)NCCCCN(CCCNC(=O)OC(C)(C)C)C(=O)OC(C)(C)C. The average Bonchev–Trinajstić information content (AvgIpc) is 2.85. The molecular formula is C29H55N7O8. The Labute approximate surface area is 261 Å². The van der Waals surface area contributed by atoms with Crippen molar-refractivity contribution in [3.05, 3.63) is 0 Å². The number of carbonyl (C=O) groups is 5. The standard InChI is InChI=1S/C29H55N7O8/c1-21(37)42-22(13-8-9-15-33-25(30)31)19-23(38)35-20-24(39)32-14-10-11-17-36(27(41)44-29(5,6)7)18-12-16-34-26(40)43-28(2,3)4/h22H,8-20H2,1-7H3,(H,32,39)(H,34,40)(H,35,38)(H4,30,31,33). The predicted molar refractivity (Wildman–Crippen MR) is 166 cm³/mol. The van der Waals surface area contributed by atoms with E-state index in [2.05, 4.69) is 21.3 Å². The number of unbranched alkanes of at least 4 members (excludes halogenated alkanes) is 2. The highest BCUT2D eigenvalue weighted by Gasteiger charge is 2.22. The van der Waals surface area contributed by atoms with Crippen LogP contribution in [0.5, 0.6) is 0 Å². The number of rotatable bonds is 19. The summed E-state index contributed by atoms with van der Waals surface area (Å²) in [6.45, 7) is 13.7. The summed E-state index contributed by atoms with van der Waals surface area (Å²) in [6, 6.07) is 0. The highest BCUT2D eigenvalue weighted by molar-refractivity contribution is 5.85. The molecule has 0 aliphatic carbocycles. The molecule has 0 aliphatic heterocycles. The van der Waals surface area contributed by atoms with E-state index >= 15 is 0 Å². The van der Waals surface area contributed by atoms with Crippen molar-refractivity contribution in [3.8, 4) is 0 Å². The van der Waals surface area contributed by atoms with Crippen LogP contribution < -0.4 is 27.0 Å². The van der Waals surface area contributed by atoms with Gasteiger partial charge in [-0.3, -0.25) is 19.8 Å². The molecular weight excluding hydrogens is 574 g/mol. The van der Waals surface area contributed by atoms with Crippen LogP contribution in [0.1, 0.15) is 93.4 Å². The Hall–Kier alpha value is -3.78. The van der Waals surface area contributed by atoms with Crippen molar-refractivity contribution in [3.63, 3.8) is 0 Å². The molecule has 4 amide bonds. The number of esters is 1. The van der Waals surface area contributed by atoms with Crippen LogP contribution in [0.3, 0.4) is 0 Å². The lowest BCUT2D eigenvalue weighted by Gasteiger charge is -2.27. The van der Waals surface area contributed by atoms with Crippen LogP contribution in [0, 0.1) is 5.41 Å². The Kier molecular flexibility index (Phi) is 19.2. The molecule has 7 N–H and O–H groups in total. The van der Waals surface area contributed by atoms with Gasteiger partial charge >= 0.3 is 18.2 Å². The maximum atomic E-state index is 12.7. The number of hydrogen-bond acceptors (Lipinski definition) is 9. The topological polar surface area (TPSA) is 214 Å². The maximum Gasteiger partial charge on any atom is 0.410 e. The van der Waals surface area contributed by atoms with Crippen molar-refractivity contribution in [2.75, 3.05) is 39.3 Å². The van der Waals surface area contributed by atoms with Gasteiger partial charge < -0.3 is 46.1 Å². The molecule has 0 heterocycles. The van der Waals surface area contributed by atoms with E-state index in [4.69, 9.17) is 25.4 Å². The summed E-state index contributed by atoms with van der Waals surface area (Å²) in [7, 11) is 0. The first-order valence-corrected chi connectivity index (χ1v) is 15.1. The Bertz CT molecular complexity index is 932. The van der Waals surface area contributed by atoms with E-state index in [-0.39, 0.29) is 24.8 Å². The molecule has 15 nitrogen and oxygen atoms in total. The van der Waals surface area contributed by atoms with Gasteiger partial charge in [-0.25, -0.2) is 9.59 Å². The van der Waals surface area contributed by atoms with Gasteiger partial charge in [-0.15, -0.1) is 0 Å². The molecule has 0 aromatic heterocycles. The second-order valence-corrected chi connectivity index (χ2v) is 12.4. The zero-order chi connectivity index (χ0) is 33.8. The summed E-state index contributed by atoms with van der Waals surface area (Å²) < 4.78 is 15.9. The minimum atomic E-state index is -0.658. The fourth-order valence-electron chi connectivity index (χ4n) is 3.73. The largest absolute Gasteiger partial charge is 0.462 e. The smallest absolute Gasteiger partial charge is 0.410 e. The first-order valence-electron chi connectivity index (χ1n) is 15.1. The van der Waals surface area contributed by atoms with Gasteiger partial charge in [-0.2, -0.15) is 0 Å². The third kappa shape index (κ3) is 24.8. The highest BCUT2D eigenvalue weighted by Crippen LogP contribution is 2.12. The van der Waals surface area contributed by atoms with Crippen LogP contribution in [0.4, 0.5) is 9.59 Å². The number of ether oxygens (including phenoxy) is 3. The number of guanidine groups is 1. The van der Waals surface area contributed by atoms with Crippen LogP contribution >= 0.6 is 0 Å². The number of amides is 4. The minimum Gasteiger partial charge on any atom is -0.462 e. The molecule has 0 fully saturated rings. The average molecular weight is 630 g/mol. The van der Waals surface area contributed by atoms with Crippen LogP contribution in [0.25, 0.3) is 0 Å². The second kappa shape index (κ2) is 21.0. The summed E-state index contributed by atoms with van der Waals surface area (Å²) in [4.78, 5) is 62.0. The van der Waals surface area contributed by atoms with E-state index in [1.807, 2.05) is 0 Å². The zero-order valence-corrected chi connectivity index (χ0v) is 27.6. The van der Waals surface area contributed by atoms with E-state index in [9.17, 15) is 24.0 Å². The number of carbonyl (C=O) groups excluding carboxylic acids is 5. The van der Waals surface area contributed by atoms with Crippen molar-refractivity contribution in [2.45, 2.75) is 111 Å². The monoisotopic (exact) mass is 629 g/mol. The Morgan fingerprint density at radius 1 is 0.750 bits per heavy atom. The Morgan fingerprint density at radius 2 is 1.32 bits per heavy atom. The summed E-state index contributed by atoms with van der Waals surface area (Å²) >= 11 is 0. The van der Waals surface area contributed by atoms with Gasteiger partial charge in [0.25, 0.3) is 0 Å². The molecule has 254 valence electrons. The van der Waals surface area contributed by atoms with E-state index < -0.39 is 41.4 Å². The Morgan fingerprint density at radius 3 is 1.91 bits per heavy atom. The van der Waals surface area contributed by atoms with Gasteiger partial charge in [-0.05, 0) is 80.1 Å². The van der Waals surface area contributed by atoms with Crippen molar-refractivity contribution in [1.29, 1.82) is 5.41 Å². The molecule has 1 unspecified atom stereocenters. The summed E-state index contributed by atoms with van der Waals surface area (Å²) in [5, 5.41) is 17.8. The maximum absolute atomic E-state index is 12.7. The zero-order valence-electron chi connectivity index (χ0n) is 27.6.